The number of carbonyl (C=O) groups is 1. The van der Waals surface area contributed by atoms with Gasteiger partial charge in [-0.15, -0.1) is 0 Å². The second kappa shape index (κ2) is 14.0. The Morgan fingerprint density at radius 3 is 1.51 bits per heavy atom. The second-order valence-corrected chi connectivity index (χ2v) is 18.5. The fraction of sp³-hybridized carbons (Fsp3) is 0.950. The Morgan fingerprint density at radius 2 is 1.23 bits per heavy atom. The lowest BCUT2D eigenvalue weighted by Crippen LogP contribution is -2.48. The van der Waals surface area contributed by atoms with Crippen LogP contribution in [0.1, 0.15) is 61.3 Å². The first-order valence-electron chi connectivity index (χ1n) is 11.6. The molecule has 1 unspecified atom stereocenters. The summed E-state index contributed by atoms with van der Waals surface area (Å²) < 4.78 is 94.6. The van der Waals surface area contributed by atoms with E-state index in [-0.39, 0.29) is 26.4 Å². The summed E-state index contributed by atoms with van der Waals surface area (Å²) in [6.45, 7) is 14.4. The van der Waals surface area contributed by atoms with E-state index in [1.54, 1.807) is 13.1 Å². The van der Waals surface area contributed by atoms with Crippen molar-refractivity contribution in [1.29, 1.82) is 0 Å². The van der Waals surface area contributed by atoms with E-state index in [1.807, 2.05) is 20.8 Å². The Balaban J connectivity index is 5.95. The van der Waals surface area contributed by atoms with Crippen LogP contribution in [0.15, 0.2) is 0 Å². The Hall–Kier alpha value is -0.263. The quantitative estimate of drug-likeness (QED) is 0.162. The van der Waals surface area contributed by atoms with Crippen molar-refractivity contribution in [3.63, 3.8) is 0 Å². The van der Waals surface area contributed by atoms with Gasteiger partial charge < -0.3 is 27.8 Å². The first-order valence-corrected chi connectivity index (χ1v) is 17.8. The Kier molecular flexibility index (Phi) is 13.9. The van der Waals surface area contributed by atoms with Crippen LogP contribution in [0.5, 0.6) is 0 Å². The topological polar surface area (TPSA) is 109 Å². The zero-order chi connectivity index (χ0) is 27.7. The number of amides is 1. The Labute approximate surface area is 208 Å². The molecule has 0 bridgehead atoms. The molecule has 0 fully saturated rings. The lowest BCUT2D eigenvalue weighted by molar-refractivity contribution is -0.200. The van der Waals surface area contributed by atoms with E-state index in [9.17, 15) is 27.1 Å². The molecule has 0 aliphatic carbocycles. The van der Waals surface area contributed by atoms with Crippen molar-refractivity contribution in [3.05, 3.63) is 0 Å². The van der Waals surface area contributed by atoms with Crippen LogP contribution in [0.3, 0.4) is 0 Å². The first kappa shape index (κ1) is 34.7. The van der Waals surface area contributed by atoms with Crippen molar-refractivity contribution >= 4 is 29.4 Å². The van der Waals surface area contributed by atoms with Crippen LogP contribution in [-0.2, 0) is 36.4 Å². The molecule has 0 saturated carbocycles. The van der Waals surface area contributed by atoms with Gasteiger partial charge in [0.05, 0.1) is 26.4 Å². The molecule has 1 N–H and O–H groups in total. The fourth-order valence-electron chi connectivity index (χ4n) is 2.71. The van der Waals surface area contributed by atoms with Crippen LogP contribution in [0.25, 0.3) is 0 Å². The third-order valence-corrected chi connectivity index (χ3v) is 15.5. The molecule has 15 heteroatoms. The highest BCUT2D eigenvalue weighted by Gasteiger charge is 2.52. The molecule has 0 saturated heterocycles. The largest absolute Gasteiger partial charge is 0.413 e. The zero-order valence-corrected chi connectivity index (χ0v) is 25.0. The van der Waals surface area contributed by atoms with Gasteiger partial charge >= 0.3 is 21.4 Å². The Morgan fingerprint density at radius 1 is 0.857 bits per heavy atom. The molecular weight excluding hydrogens is 529 g/mol. The third-order valence-electron chi connectivity index (χ3n) is 5.37. The highest BCUT2D eigenvalue weighted by molar-refractivity contribution is 7.72. The molecule has 0 heterocycles. The van der Waals surface area contributed by atoms with Crippen molar-refractivity contribution in [2.45, 2.75) is 97.2 Å². The molecule has 0 aliphatic heterocycles. The minimum absolute atomic E-state index is 0.113. The van der Waals surface area contributed by atoms with Gasteiger partial charge in [-0.25, -0.2) is 0 Å². The summed E-state index contributed by atoms with van der Waals surface area (Å²) in [5, 5.41) is 1.78. The summed E-state index contributed by atoms with van der Waals surface area (Å²) in [6, 6.07) is 0. The van der Waals surface area contributed by atoms with E-state index in [2.05, 4.69) is 5.32 Å². The molecule has 210 valence electrons. The minimum Gasteiger partial charge on any atom is -0.405 e. The molecule has 0 aromatic heterocycles. The molecule has 0 aliphatic rings. The number of nitrogens with one attached hydrogen (secondary N) is 1. The van der Waals surface area contributed by atoms with Crippen LogP contribution < -0.4 is 5.32 Å². The second-order valence-electron chi connectivity index (χ2n) is 9.14. The van der Waals surface area contributed by atoms with E-state index in [0.29, 0.717) is 0 Å². The summed E-state index contributed by atoms with van der Waals surface area (Å²) in [7, 11) is -11.4. The zero-order valence-electron chi connectivity index (χ0n) is 22.2. The van der Waals surface area contributed by atoms with Gasteiger partial charge in [0.2, 0.25) is 11.4 Å². The smallest absolute Gasteiger partial charge is 0.405 e. The molecule has 1 amide bonds. The summed E-state index contributed by atoms with van der Waals surface area (Å²) in [5.41, 5.74) is -1.85. The predicted molar refractivity (Wildman–Crippen MR) is 131 cm³/mol. The van der Waals surface area contributed by atoms with Crippen molar-refractivity contribution in [2.24, 2.45) is 0 Å². The van der Waals surface area contributed by atoms with Gasteiger partial charge in [-0.1, -0.05) is 20.8 Å². The molecule has 1 atom stereocenters. The monoisotopic (exact) mass is 571 g/mol. The maximum atomic E-state index is 13.7. The number of hydrogen-bond donors (Lipinski definition) is 1. The fourth-order valence-corrected chi connectivity index (χ4v) is 8.97. The SMILES string of the molecule is CCOP(=O)(OCC)C(NC(=O)CCC(O[Si](C)(C)C(C)(C)C)C(F)(F)F)P(=O)(OCC)OCC. The van der Waals surface area contributed by atoms with Gasteiger partial charge in [-0.05, 0) is 52.2 Å². The lowest BCUT2D eigenvalue weighted by atomic mass is 10.2. The van der Waals surface area contributed by atoms with Crippen molar-refractivity contribution in [3.8, 4) is 0 Å². The van der Waals surface area contributed by atoms with Gasteiger partial charge in [0, 0.05) is 6.42 Å². The molecule has 0 aromatic rings. The molecule has 0 radical (unpaired) electrons. The van der Waals surface area contributed by atoms with Crippen LogP contribution in [-0.4, -0.2) is 58.5 Å². The molecular formula is C20H42F3NO8P2Si. The third kappa shape index (κ3) is 10.6. The summed E-state index contributed by atoms with van der Waals surface area (Å²) in [5.74, 6) is -0.956. The van der Waals surface area contributed by atoms with Crippen molar-refractivity contribution < 1.29 is 49.6 Å². The number of carbonyl (C=O) groups excluding carboxylic acids is 1. The van der Waals surface area contributed by atoms with Gasteiger partial charge in [-0.2, -0.15) is 13.2 Å². The van der Waals surface area contributed by atoms with Crippen LogP contribution in [0.2, 0.25) is 18.1 Å². The summed E-state index contributed by atoms with van der Waals surface area (Å²) >= 11 is 0. The van der Waals surface area contributed by atoms with Gasteiger partial charge in [0.1, 0.15) is 6.10 Å². The van der Waals surface area contributed by atoms with E-state index in [0.717, 1.165) is 0 Å². The first-order chi connectivity index (χ1) is 15.8. The standard InChI is InChI=1S/C20H42F3NO8P2Si/c1-10-28-33(26,29-11-2)18(34(27,30-12-3)31-13-4)24-17(25)15-14-16(20(21,22)23)32-35(8,9)19(5,6)7/h16,18H,10-15H2,1-9H3,(H,24,25). The molecule has 0 rings (SSSR count). The molecule has 0 aromatic carbocycles. The highest BCUT2D eigenvalue weighted by atomic mass is 31.2. The van der Waals surface area contributed by atoms with E-state index >= 15 is 0 Å². The van der Waals surface area contributed by atoms with E-state index in [4.69, 9.17) is 22.5 Å². The lowest BCUT2D eigenvalue weighted by Gasteiger charge is -2.39. The number of hydrogen-bond acceptors (Lipinski definition) is 8. The van der Waals surface area contributed by atoms with Crippen LogP contribution in [0, 0.1) is 0 Å². The van der Waals surface area contributed by atoms with Gasteiger partial charge in [-0.3, -0.25) is 13.9 Å². The summed E-state index contributed by atoms with van der Waals surface area (Å²) in [4.78, 5) is 12.8. The molecule has 35 heavy (non-hydrogen) atoms. The molecule has 9 nitrogen and oxygen atoms in total. The predicted octanol–water partition coefficient (Wildman–Crippen LogP) is 6.65. The van der Waals surface area contributed by atoms with Crippen molar-refractivity contribution in [1.82, 2.24) is 5.32 Å². The minimum atomic E-state index is -4.70. The Bertz CT molecular complexity index is 712. The highest BCUT2D eigenvalue weighted by Crippen LogP contribution is 2.69. The number of alkyl halides is 3. The van der Waals surface area contributed by atoms with Crippen LogP contribution >= 0.6 is 15.2 Å². The maximum absolute atomic E-state index is 13.7. The van der Waals surface area contributed by atoms with Crippen molar-refractivity contribution in [2.75, 3.05) is 26.4 Å². The number of halogens is 3. The van der Waals surface area contributed by atoms with E-state index < -0.39 is 65.1 Å². The average Bonchev–Trinajstić information content (AvgIpc) is 2.68. The normalized spacial score (nSPS) is 14.9. The average molecular weight is 572 g/mol. The summed E-state index contributed by atoms with van der Waals surface area (Å²) in [6.07, 6.45) is -8.21. The molecule has 0 spiro atoms. The maximum Gasteiger partial charge on any atom is 0.413 e. The number of rotatable bonds is 16. The van der Waals surface area contributed by atoms with Gasteiger partial charge in [0.15, 0.2) is 8.32 Å². The van der Waals surface area contributed by atoms with E-state index in [1.165, 1.54) is 27.7 Å². The van der Waals surface area contributed by atoms with Crippen LogP contribution in [0.4, 0.5) is 13.2 Å². The van der Waals surface area contributed by atoms with Gasteiger partial charge in [0.25, 0.3) is 0 Å².